The minimum absolute atomic E-state index is 0.0351. The van der Waals surface area contributed by atoms with E-state index in [4.69, 9.17) is 4.74 Å². The quantitative estimate of drug-likeness (QED) is 0.464. The Labute approximate surface area is 175 Å². The van der Waals surface area contributed by atoms with Crippen LogP contribution in [-0.2, 0) is 6.42 Å². The van der Waals surface area contributed by atoms with Gasteiger partial charge in [0, 0.05) is 18.6 Å². The van der Waals surface area contributed by atoms with E-state index in [1.54, 1.807) is 16.8 Å². The van der Waals surface area contributed by atoms with Crippen LogP contribution >= 0.6 is 0 Å². The molecule has 0 amide bonds. The van der Waals surface area contributed by atoms with Gasteiger partial charge in [0.2, 0.25) is 5.88 Å². The molecule has 0 radical (unpaired) electrons. The first-order chi connectivity index (χ1) is 14.6. The normalized spacial score (nSPS) is 11.0. The number of para-hydroxylation sites is 1. The lowest BCUT2D eigenvalue weighted by Gasteiger charge is -2.11. The second-order valence-corrected chi connectivity index (χ2v) is 7.29. The molecule has 2 aromatic heterocycles. The van der Waals surface area contributed by atoms with Crippen molar-refractivity contribution in [1.29, 1.82) is 0 Å². The van der Waals surface area contributed by atoms with Crippen LogP contribution in [-0.4, -0.2) is 26.2 Å². The van der Waals surface area contributed by atoms with E-state index in [0.29, 0.717) is 18.2 Å². The number of hydrogen-bond acceptors (Lipinski definition) is 4. The van der Waals surface area contributed by atoms with E-state index in [2.05, 4.69) is 22.3 Å². The summed E-state index contributed by atoms with van der Waals surface area (Å²) in [6.45, 7) is 4.39. The van der Waals surface area contributed by atoms with Crippen molar-refractivity contribution in [2.75, 3.05) is 6.61 Å². The zero-order valence-corrected chi connectivity index (χ0v) is 17.1. The van der Waals surface area contributed by atoms with Crippen LogP contribution in [0.15, 0.2) is 83.7 Å². The van der Waals surface area contributed by atoms with Crippen molar-refractivity contribution in [2.45, 2.75) is 26.3 Å². The summed E-state index contributed by atoms with van der Waals surface area (Å²) in [5, 5.41) is 9.21. The second kappa shape index (κ2) is 8.78. The molecule has 0 aliphatic carbocycles. The smallest absolute Gasteiger partial charge is 0.267 e. The molecule has 0 aliphatic heterocycles. The Bertz CT molecular complexity index is 1160. The number of rotatable bonds is 7. The Morgan fingerprint density at radius 2 is 1.60 bits per heavy atom. The minimum Gasteiger partial charge on any atom is -0.476 e. The van der Waals surface area contributed by atoms with E-state index in [-0.39, 0.29) is 11.6 Å². The highest BCUT2D eigenvalue weighted by Gasteiger charge is 2.15. The maximum atomic E-state index is 12.1. The van der Waals surface area contributed by atoms with Crippen molar-refractivity contribution < 1.29 is 4.74 Å². The molecular formula is C24H24N4O2. The monoisotopic (exact) mass is 400 g/mol. The lowest BCUT2D eigenvalue weighted by Crippen LogP contribution is -2.24. The first kappa shape index (κ1) is 19.6. The van der Waals surface area contributed by atoms with Crippen LogP contribution in [0.3, 0.4) is 0 Å². The van der Waals surface area contributed by atoms with Gasteiger partial charge in [0.05, 0.1) is 24.0 Å². The van der Waals surface area contributed by atoms with Gasteiger partial charge in [-0.3, -0.25) is 4.79 Å². The SMILES string of the molecule is CC(C)n1nc(-c2cc(OCCc3ccccc3)nn2-c2ccccc2)ccc1=O. The fourth-order valence-corrected chi connectivity index (χ4v) is 3.23. The van der Waals surface area contributed by atoms with E-state index in [9.17, 15) is 4.79 Å². The standard InChI is InChI=1S/C24H24N4O2/c1-18(2)27-24(29)14-13-21(25-27)22-17-23(26-28(22)20-11-7-4-8-12-20)30-16-15-19-9-5-3-6-10-19/h3-14,17-18H,15-16H2,1-2H3. The van der Waals surface area contributed by atoms with Crippen molar-refractivity contribution in [2.24, 2.45) is 0 Å². The molecular weight excluding hydrogens is 376 g/mol. The fourth-order valence-electron chi connectivity index (χ4n) is 3.23. The Morgan fingerprint density at radius 1 is 0.900 bits per heavy atom. The lowest BCUT2D eigenvalue weighted by atomic mass is 10.2. The molecule has 0 N–H and O–H groups in total. The Kier molecular flexibility index (Phi) is 5.75. The van der Waals surface area contributed by atoms with Crippen LogP contribution in [0.1, 0.15) is 25.5 Å². The van der Waals surface area contributed by atoms with Crippen LogP contribution in [0.5, 0.6) is 5.88 Å². The van der Waals surface area contributed by atoms with Gasteiger partial charge in [-0.2, -0.15) is 5.10 Å². The maximum Gasteiger partial charge on any atom is 0.267 e. The van der Waals surface area contributed by atoms with E-state index in [1.165, 1.54) is 10.2 Å². The Hall–Kier alpha value is -3.67. The van der Waals surface area contributed by atoms with Gasteiger partial charge >= 0.3 is 0 Å². The molecule has 0 saturated heterocycles. The van der Waals surface area contributed by atoms with Crippen molar-refractivity contribution in [3.8, 4) is 23.0 Å². The van der Waals surface area contributed by atoms with E-state index in [0.717, 1.165) is 17.8 Å². The van der Waals surface area contributed by atoms with Crippen LogP contribution in [0.25, 0.3) is 17.1 Å². The summed E-state index contributed by atoms with van der Waals surface area (Å²) in [5.41, 5.74) is 3.42. The number of ether oxygens (including phenoxy) is 1. The summed E-state index contributed by atoms with van der Waals surface area (Å²) in [4.78, 5) is 12.1. The van der Waals surface area contributed by atoms with Gasteiger partial charge in [-0.05, 0) is 37.6 Å². The molecule has 152 valence electrons. The molecule has 4 aromatic rings. The fraction of sp³-hybridized carbons (Fsp3) is 0.208. The summed E-state index contributed by atoms with van der Waals surface area (Å²) in [6.07, 6.45) is 0.796. The number of hydrogen-bond donors (Lipinski definition) is 0. The molecule has 6 heteroatoms. The molecule has 0 bridgehead atoms. The van der Waals surface area contributed by atoms with Gasteiger partial charge < -0.3 is 4.74 Å². The maximum absolute atomic E-state index is 12.1. The molecule has 0 spiro atoms. The molecule has 0 fully saturated rings. The molecule has 2 aromatic carbocycles. The molecule has 2 heterocycles. The van der Waals surface area contributed by atoms with Crippen molar-refractivity contribution in [3.05, 3.63) is 94.8 Å². The van der Waals surface area contributed by atoms with Crippen LogP contribution in [0, 0.1) is 0 Å². The molecule has 0 saturated carbocycles. The third-order valence-corrected chi connectivity index (χ3v) is 4.75. The van der Waals surface area contributed by atoms with Gasteiger partial charge in [-0.1, -0.05) is 48.5 Å². The van der Waals surface area contributed by atoms with Crippen molar-refractivity contribution in [1.82, 2.24) is 19.6 Å². The van der Waals surface area contributed by atoms with E-state index >= 15 is 0 Å². The Balaban J connectivity index is 1.67. The summed E-state index contributed by atoms with van der Waals surface area (Å²) >= 11 is 0. The summed E-state index contributed by atoms with van der Waals surface area (Å²) in [6, 6.07) is 25.1. The number of nitrogens with zero attached hydrogens (tertiary/aromatic N) is 4. The highest BCUT2D eigenvalue weighted by molar-refractivity contribution is 5.59. The summed E-state index contributed by atoms with van der Waals surface area (Å²) in [5.74, 6) is 0.522. The van der Waals surface area contributed by atoms with Crippen molar-refractivity contribution >= 4 is 0 Å². The molecule has 0 atom stereocenters. The topological polar surface area (TPSA) is 61.9 Å². The highest BCUT2D eigenvalue weighted by atomic mass is 16.5. The van der Waals surface area contributed by atoms with Gasteiger partial charge in [-0.25, -0.2) is 9.36 Å². The van der Waals surface area contributed by atoms with Crippen LogP contribution in [0.2, 0.25) is 0 Å². The van der Waals surface area contributed by atoms with E-state index < -0.39 is 0 Å². The van der Waals surface area contributed by atoms with Gasteiger partial charge in [0.25, 0.3) is 5.56 Å². The summed E-state index contributed by atoms with van der Waals surface area (Å²) < 4.78 is 9.23. The number of aromatic nitrogens is 4. The highest BCUT2D eigenvalue weighted by Crippen LogP contribution is 2.25. The third kappa shape index (κ3) is 4.33. The average Bonchev–Trinajstić information content (AvgIpc) is 3.19. The molecule has 0 aliphatic rings. The van der Waals surface area contributed by atoms with E-state index in [1.807, 2.05) is 68.4 Å². The zero-order chi connectivity index (χ0) is 20.9. The molecule has 30 heavy (non-hydrogen) atoms. The zero-order valence-electron chi connectivity index (χ0n) is 17.1. The number of benzene rings is 2. The predicted octanol–water partition coefficient (Wildman–Crippen LogP) is 4.30. The average molecular weight is 400 g/mol. The molecule has 6 nitrogen and oxygen atoms in total. The van der Waals surface area contributed by atoms with Crippen LogP contribution < -0.4 is 10.3 Å². The van der Waals surface area contributed by atoms with Crippen molar-refractivity contribution in [3.63, 3.8) is 0 Å². The second-order valence-electron chi connectivity index (χ2n) is 7.29. The predicted molar refractivity (Wildman–Crippen MR) is 117 cm³/mol. The molecule has 0 unspecified atom stereocenters. The first-order valence-corrected chi connectivity index (χ1v) is 10.0. The third-order valence-electron chi connectivity index (χ3n) is 4.75. The van der Waals surface area contributed by atoms with Gasteiger partial charge in [0.15, 0.2) is 0 Å². The lowest BCUT2D eigenvalue weighted by molar-refractivity contribution is 0.307. The van der Waals surface area contributed by atoms with Gasteiger partial charge in [-0.15, -0.1) is 5.10 Å². The Morgan fingerprint density at radius 3 is 2.30 bits per heavy atom. The largest absolute Gasteiger partial charge is 0.476 e. The first-order valence-electron chi connectivity index (χ1n) is 10.0. The van der Waals surface area contributed by atoms with Gasteiger partial charge in [0.1, 0.15) is 5.69 Å². The minimum atomic E-state index is -0.126. The molecule has 4 rings (SSSR count). The summed E-state index contributed by atoms with van der Waals surface area (Å²) in [7, 11) is 0. The van der Waals surface area contributed by atoms with Crippen LogP contribution in [0.4, 0.5) is 0 Å².